The summed E-state index contributed by atoms with van der Waals surface area (Å²) in [4.78, 5) is 94.1. The van der Waals surface area contributed by atoms with Gasteiger partial charge in [-0.05, 0) is 244 Å². The Labute approximate surface area is 831 Å². The molecule has 13 N–H and O–H groups in total. The molecule has 5 saturated heterocycles. The first-order valence-electron chi connectivity index (χ1n) is 47.5. The number of hydrogen-bond acceptors (Lipinski definition) is 21. The number of hydrogen-bond donors (Lipinski definition) is 8. The van der Waals surface area contributed by atoms with Crippen LogP contribution in [0.3, 0.4) is 0 Å². The molecule has 26 nitrogen and oxygen atoms in total. The summed E-state index contributed by atoms with van der Waals surface area (Å²) >= 11 is 0. The quantitative estimate of drug-likeness (QED) is 0.0259. The Morgan fingerprint density at radius 1 is 0.338 bits per heavy atom. The van der Waals surface area contributed by atoms with Crippen LogP contribution in [0.4, 0.5) is 35.1 Å². The van der Waals surface area contributed by atoms with Crippen molar-refractivity contribution in [1.82, 2.24) is 54.3 Å². The van der Waals surface area contributed by atoms with Crippen LogP contribution < -0.4 is 28.7 Å². The first-order valence-corrected chi connectivity index (χ1v) is 49.3. The lowest BCUT2D eigenvalue weighted by atomic mass is 9.96. The molecule has 10 aromatic carbocycles. The minimum Gasteiger partial charge on any atom is -0.393 e. The van der Waals surface area contributed by atoms with Crippen LogP contribution in [0, 0.1) is 35.0 Å². The standard InChI is InChI=1S/C23H21F4N3O.C22H23FN4O.C22H22FN3O3.C22H22FN3O2.C21H20FN3O3S/c24-17-6-4-15(5-7-17)19-11-21(22(28)31)29-20-10-14(3-8-18(19)20)12-30-9-1-2-16(13-30)23(25,26)27;1-26-8-10-27(11-9-26)14-15-2-7-18-19(16-3-5-17(23)6-4-16)13-21(22(24)28)25-20(18)12-15;23-16-4-2-15(3-5-16)18-12-20(21(24)27)25-19-11-14(1-6-17(18)19)13-26-9-7-22(28,29)8-10-26;23-16-4-2-15(3-5-16)19-12-21(22(24)28)25-20-11-14(1-6-18(19)20)13-26-9-7-17(27)8-10-26;22-16-4-2-15(3-5-16)18-12-20(21(23)26)24-19-11-14(1-6-17(18)19)13-25-7-9-29(27,28)10-8-25/h3-8,10-11,16H,1-2,9,12-13H2,(H2,28,31);2-7,12-13H,8-11,14H2,1H3,(H2,24,28);1-6,11-12,28-29H,7-10,13H2,(H2,24,27);1-6,11-12,17,27H,7-10,13H2,(H2,24,28);1-6,11-12H,7-10,13H2,(H2,23,26). The smallest absolute Gasteiger partial charge is 0.393 e. The van der Waals surface area contributed by atoms with Crippen molar-refractivity contribution in [3.63, 3.8) is 0 Å². The number of aliphatic hydroxyl groups excluding tert-OH is 1. The average Bonchev–Trinajstić information content (AvgIpc) is 0.792. The molecule has 0 aliphatic carbocycles. The topological polar surface area (TPSA) is 394 Å². The highest BCUT2D eigenvalue weighted by molar-refractivity contribution is 7.91. The Kier molecular flexibility index (Phi) is 32.3. The number of halogens is 8. The molecule has 1 unspecified atom stereocenters. The van der Waals surface area contributed by atoms with E-state index in [1.807, 2.05) is 78.9 Å². The van der Waals surface area contributed by atoms with E-state index in [0.29, 0.717) is 105 Å². The summed E-state index contributed by atoms with van der Waals surface area (Å²) in [5, 5.41) is 33.3. The van der Waals surface area contributed by atoms with E-state index in [4.69, 9.17) is 28.7 Å². The number of carbonyl (C=O) groups excluding carboxylic acids is 5. The Hall–Kier alpha value is -14.4. The van der Waals surface area contributed by atoms with Gasteiger partial charge in [0.15, 0.2) is 15.6 Å². The van der Waals surface area contributed by atoms with E-state index in [1.165, 1.54) is 60.7 Å². The van der Waals surface area contributed by atoms with Crippen molar-refractivity contribution in [3.8, 4) is 55.6 Å². The highest BCUT2D eigenvalue weighted by Gasteiger charge is 2.42. The monoisotopic (exact) mass is 2000 g/mol. The molecule has 750 valence electrons. The molecule has 35 heteroatoms. The molecular formula is C110H108F8N16O10S. The van der Waals surface area contributed by atoms with Gasteiger partial charge in [0.1, 0.15) is 57.6 Å². The summed E-state index contributed by atoms with van der Waals surface area (Å²) in [6.07, 6.45) is -1.56. The lowest BCUT2D eigenvalue weighted by Gasteiger charge is -2.34. The summed E-state index contributed by atoms with van der Waals surface area (Å²) in [6.45, 7) is 11.8. The van der Waals surface area contributed by atoms with Crippen LogP contribution in [0.25, 0.3) is 110 Å². The fraction of sp³-hybridized carbons (Fsp3) is 0.273. The number of nitrogens with zero attached hydrogens (tertiary/aromatic N) is 11. The largest absolute Gasteiger partial charge is 0.393 e. The number of piperazine rings is 1. The lowest BCUT2D eigenvalue weighted by Crippen LogP contribution is -2.43. The molecule has 0 saturated carbocycles. The minimum atomic E-state index is -4.19. The van der Waals surface area contributed by atoms with Crippen molar-refractivity contribution in [1.29, 1.82) is 0 Å². The molecule has 20 rings (SSSR count). The number of nitrogens with two attached hydrogens (primary N) is 5. The van der Waals surface area contributed by atoms with Gasteiger partial charge in [0.05, 0.1) is 51.1 Å². The van der Waals surface area contributed by atoms with Gasteiger partial charge in [-0.2, -0.15) is 13.2 Å². The molecule has 5 aromatic heterocycles. The Morgan fingerprint density at radius 2 is 0.586 bits per heavy atom. The molecule has 5 aliphatic rings. The number of primary amides is 5. The molecule has 10 heterocycles. The number of rotatable bonds is 20. The fourth-order valence-electron chi connectivity index (χ4n) is 18.7. The Bertz CT molecular complexity index is 7240. The summed E-state index contributed by atoms with van der Waals surface area (Å²) in [5.74, 6) is -7.35. The molecule has 5 aliphatic heterocycles. The average molecular weight is 2000 g/mol. The third kappa shape index (κ3) is 26.8. The maximum absolute atomic E-state index is 13.3. The molecule has 5 fully saturated rings. The van der Waals surface area contributed by atoms with Gasteiger partial charge in [-0.25, -0.2) is 55.3 Å². The van der Waals surface area contributed by atoms with E-state index in [9.17, 15) is 82.8 Å². The van der Waals surface area contributed by atoms with E-state index in [2.05, 4.69) is 62.5 Å². The molecule has 0 bridgehead atoms. The fourth-order valence-corrected chi connectivity index (χ4v) is 19.9. The van der Waals surface area contributed by atoms with Gasteiger partial charge < -0.3 is 48.9 Å². The Balaban J connectivity index is 0.000000130. The second-order valence-corrected chi connectivity index (χ2v) is 39.6. The van der Waals surface area contributed by atoms with Gasteiger partial charge in [-0.3, -0.25) is 48.5 Å². The van der Waals surface area contributed by atoms with E-state index in [1.54, 1.807) is 102 Å². The van der Waals surface area contributed by atoms with Gasteiger partial charge >= 0.3 is 6.18 Å². The van der Waals surface area contributed by atoms with Crippen molar-refractivity contribution < 1.29 is 82.8 Å². The van der Waals surface area contributed by atoms with Crippen LogP contribution >= 0.6 is 0 Å². The first kappa shape index (κ1) is 104. The maximum Gasteiger partial charge on any atom is 0.393 e. The van der Waals surface area contributed by atoms with Crippen LogP contribution in [0.15, 0.2) is 243 Å². The normalized spacial score (nSPS) is 16.6. The third-order valence-electron chi connectivity index (χ3n) is 26.7. The van der Waals surface area contributed by atoms with Crippen molar-refractivity contribution >= 4 is 93.9 Å². The van der Waals surface area contributed by atoms with Crippen LogP contribution in [-0.2, 0) is 42.6 Å². The molecule has 5 amide bonds. The number of benzene rings is 10. The number of piperidine rings is 3. The second-order valence-electron chi connectivity index (χ2n) is 37.3. The van der Waals surface area contributed by atoms with Gasteiger partial charge in [0.25, 0.3) is 29.5 Å². The van der Waals surface area contributed by atoms with Crippen molar-refractivity contribution in [2.45, 2.75) is 89.3 Å². The van der Waals surface area contributed by atoms with E-state index >= 15 is 0 Å². The number of alkyl halides is 3. The van der Waals surface area contributed by atoms with Gasteiger partial charge in [0, 0.05) is 144 Å². The van der Waals surface area contributed by atoms with Crippen molar-refractivity contribution in [3.05, 3.63) is 328 Å². The van der Waals surface area contributed by atoms with Crippen molar-refractivity contribution in [2.24, 2.45) is 34.6 Å². The zero-order chi connectivity index (χ0) is 103. The van der Waals surface area contributed by atoms with Crippen molar-refractivity contribution in [2.75, 3.05) is 97.1 Å². The number of aliphatic hydroxyl groups is 3. The summed E-state index contributed by atoms with van der Waals surface area (Å²) in [5.41, 5.74) is 44.0. The van der Waals surface area contributed by atoms with Crippen LogP contribution in [-0.4, -0.2) is 223 Å². The number of aromatic nitrogens is 5. The summed E-state index contributed by atoms with van der Waals surface area (Å²) < 4.78 is 129. The summed E-state index contributed by atoms with van der Waals surface area (Å²) in [6, 6.07) is 67.7. The predicted molar refractivity (Wildman–Crippen MR) is 541 cm³/mol. The third-order valence-corrected chi connectivity index (χ3v) is 28.3. The SMILES string of the molecule is CN1CCN(Cc2ccc3c(-c4ccc(F)cc4)cc(C(N)=O)nc3c2)CC1.NC(=O)c1cc(-c2ccc(F)cc2)c2ccc(CN3CCC(O)(O)CC3)cc2n1.NC(=O)c1cc(-c2ccc(F)cc2)c2ccc(CN3CCC(O)CC3)cc2n1.NC(=O)c1cc(-c2ccc(F)cc2)c2ccc(CN3CCCC(C(F)(F)F)C3)cc2n1.NC(=O)c1cc(-c2ccc(F)cc2)c2ccc(CN3CCS(=O)(=O)CC3)cc2n1. The van der Waals surface area contributed by atoms with E-state index in [0.717, 1.165) is 170 Å². The predicted octanol–water partition coefficient (Wildman–Crippen LogP) is 15.7. The molecule has 15 aromatic rings. The zero-order valence-electron chi connectivity index (χ0n) is 79.4. The summed E-state index contributed by atoms with van der Waals surface area (Å²) in [7, 11) is -0.791. The van der Waals surface area contributed by atoms with Gasteiger partial charge in [-0.1, -0.05) is 121 Å². The number of fused-ring (bicyclic) bond motifs is 5. The molecule has 145 heavy (non-hydrogen) atoms. The van der Waals surface area contributed by atoms with Gasteiger partial charge in [0.2, 0.25) is 0 Å². The first-order chi connectivity index (χ1) is 69.3. The zero-order valence-corrected chi connectivity index (χ0v) is 80.2. The number of sulfone groups is 1. The molecule has 0 radical (unpaired) electrons. The van der Waals surface area contributed by atoms with Crippen LogP contribution in [0.5, 0.6) is 0 Å². The highest BCUT2D eigenvalue weighted by atomic mass is 32.2. The minimum absolute atomic E-state index is 0.0306. The van der Waals surface area contributed by atoms with E-state index < -0.39 is 57.3 Å². The lowest BCUT2D eigenvalue weighted by molar-refractivity contribution is -0.189. The number of amides is 5. The molecule has 0 spiro atoms. The van der Waals surface area contributed by atoms with Crippen LogP contribution in [0.1, 0.15) is 119 Å². The number of likely N-dealkylation sites (N-methyl/N-ethyl adjacent to an activating group) is 1. The Morgan fingerprint density at radius 3 is 0.848 bits per heavy atom. The van der Waals surface area contributed by atoms with Gasteiger partial charge in [-0.15, -0.1) is 0 Å². The second kappa shape index (κ2) is 45.3. The van der Waals surface area contributed by atoms with E-state index in [-0.39, 0.29) is 88.1 Å². The number of carbonyl (C=O) groups is 5. The van der Waals surface area contributed by atoms with Crippen LogP contribution in [0.2, 0.25) is 0 Å². The maximum atomic E-state index is 13.3. The molecular weight excluding hydrogens is 1890 g/mol. The number of likely N-dealkylation sites (tertiary alicyclic amines) is 3. The number of pyridine rings is 5. The molecule has 1 atom stereocenters. The highest BCUT2D eigenvalue weighted by Crippen LogP contribution is 2.39.